The summed E-state index contributed by atoms with van der Waals surface area (Å²) < 4.78 is 23.4. The van der Waals surface area contributed by atoms with Crippen LogP contribution in [0, 0.1) is 0 Å². The molecule has 2 N–H and O–H groups in total. The first-order chi connectivity index (χ1) is 14.1. The number of nitrogens with zero attached hydrogens (tertiary/aromatic N) is 2. The summed E-state index contributed by atoms with van der Waals surface area (Å²) in [5.41, 5.74) is 1.13. The molecule has 8 nitrogen and oxygen atoms in total. The van der Waals surface area contributed by atoms with Gasteiger partial charge in [-0.05, 0) is 18.4 Å². The van der Waals surface area contributed by atoms with Gasteiger partial charge in [0.15, 0.2) is 28.4 Å². The third kappa shape index (κ3) is 5.77. The van der Waals surface area contributed by atoms with E-state index in [0.717, 1.165) is 5.56 Å². The van der Waals surface area contributed by atoms with E-state index in [-0.39, 0.29) is 29.3 Å². The molecule has 1 fully saturated rings. The van der Waals surface area contributed by atoms with Gasteiger partial charge in [-0.25, -0.2) is 9.79 Å². The van der Waals surface area contributed by atoms with Crippen LogP contribution in [0.25, 0.3) is 0 Å². The summed E-state index contributed by atoms with van der Waals surface area (Å²) in [4.78, 5) is 17.9. The van der Waals surface area contributed by atoms with Gasteiger partial charge >= 0.3 is 0 Å². The highest BCUT2D eigenvalue weighted by atomic mass is 32.2. The van der Waals surface area contributed by atoms with E-state index in [0.29, 0.717) is 45.0 Å². The molecule has 1 aromatic carbocycles. The molecule has 2 aliphatic rings. The zero-order chi connectivity index (χ0) is 20.6. The number of nitrogens with one attached hydrogen (secondary N) is 1. The van der Waals surface area contributed by atoms with Crippen LogP contribution in [-0.2, 0) is 31.7 Å². The van der Waals surface area contributed by atoms with Crippen molar-refractivity contribution >= 4 is 21.9 Å². The molecule has 1 unspecified atom stereocenters. The largest absolute Gasteiger partial charge is 0.485 e. The first-order valence-corrected chi connectivity index (χ1v) is 11.0. The molecule has 2 aliphatic heterocycles. The van der Waals surface area contributed by atoms with Crippen LogP contribution in [0.1, 0.15) is 18.4 Å². The lowest BCUT2D eigenvalue weighted by atomic mass is 10.1. The second kappa shape index (κ2) is 10.4. The fourth-order valence-electron chi connectivity index (χ4n) is 3.05. The monoisotopic (exact) mass is 419 g/mol. The summed E-state index contributed by atoms with van der Waals surface area (Å²) in [7, 11) is -1.40. The molecule has 0 amide bonds. The van der Waals surface area contributed by atoms with Crippen molar-refractivity contribution in [3.05, 3.63) is 53.2 Å². The van der Waals surface area contributed by atoms with Crippen molar-refractivity contribution in [2.75, 3.05) is 32.6 Å². The molecule has 0 bridgehead atoms. The maximum absolute atomic E-state index is 11.9. The molecule has 1 saturated heterocycles. The number of hydrogen-bond donors (Lipinski definition) is 2. The average Bonchev–Trinajstić information content (AvgIpc) is 2.74. The second-order valence-corrected chi connectivity index (χ2v) is 8.03. The summed E-state index contributed by atoms with van der Waals surface area (Å²) in [6.07, 6.45) is 2.30. The van der Waals surface area contributed by atoms with E-state index < -0.39 is 10.8 Å². The lowest BCUT2D eigenvalue weighted by Crippen LogP contribution is -2.40. The van der Waals surface area contributed by atoms with Gasteiger partial charge in [0.1, 0.15) is 6.61 Å². The highest BCUT2D eigenvalue weighted by Gasteiger charge is 2.29. The zero-order valence-electron chi connectivity index (χ0n) is 16.3. The third-order valence-corrected chi connectivity index (χ3v) is 5.33. The molecule has 2 heterocycles. The maximum Gasteiger partial charge on any atom is 0.199 e. The summed E-state index contributed by atoms with van der Waals surface area (Å²) in [5.74, 6) is 2.51. The molecular formula is C20H25N3O5S. The van der Waals surface area contributed by atoms with Gasteiger partial charge in [-0.2, -0.15) is 0 Å². The Labute approximate surface area is 172 Å². The molecule has 29 heavy (non-hydrogen) atoms. The predicted octanol–water partition coefficient (Wildman–Crippen LogP) is 0.899. The van der Waals surface area contributed by atoms with Crippen LogP contribution in [0.3, 0.4) is 0 Å². The molecular weight excluding hydrogens is 394 g/mol. The Morgan fingerprint density at radius 3 is 2.66 bits per heavy atom. The van der Waals surface area contributed by atoms with Crippen molar-refractivity contribution in [2.45, 2.75) is 25.6 Å². The van der Waals surface area contributed by atoms with Crippen LogP contribution in [0.15, 0.2) is 52.6 Å². The highest BCUT2D eigenvalue weighted by Crippen LogP contribution is 2.25. The minimum atomic E-state index is -1.40. The van der Waals surface area contributed by atoms with Gasteiger partial charge < -0.3 is 24.8 Å². The molecule has 9 heteroatoms. The Kier molecular flexibility index (Phi) is 7.60. The quantitative estimate of drug-likeness (QED) is 0.500. The zero-order valence-corrected chi connectivity index (χ0v) is 17.1. The number of likely N-dealkylation sites (tertiary alicyclic amines) is 1. The number of aliphatic imine (C=N–C) groups is 1. The van der Waals surface area contributed by atoms with E-state index in [2.05, 4.69) is 10.3 Å². The summed E-state index contributed by atoms with van der Waals surface area (Å²) >= 11 is 0. The van der Waals surface area contributed by atoms with Gasteiger partial charge in [0.05, 0.1) is 30.1 Å². The lowest BCUT2D eigenvalue weighted by Gasteiger charge is -2.34. The van der Waals surface area contributed by atoms with Gasteiger partial charge in [0.25, 0.3) is 0 Å². The predicted molar refractivity (Wildman–Crippen MR) is 110 cm³/mol. The minimum Gasteiger partial charge on any atom is -0.485 e. The molecule has 0 spiro atoms. The van der Waals surface area contributed by atoms with Crippen molar-refractivity contribution in [3.8, 4) is 0 Å². The Balaban J connectivity index is 1.70. The number of piperidine rings is 1. The van der Waals surface area contributed by atoms with Gasteiger partial charge in [-0.3, -0.25) is 4.21 Å². The lowest BCUT2D eigenvalue weighted by molar-refractivity contribution is 0.0616. The van der Waals surface area contributed by atoms with Crippen molar-refractivity contribution in [1.29, 1.82) is 0 Å². The van der Waals surface area contributed by atoms with Crippen molar-refractivity contribution < 1.29 is 23.6 Å². The molecule has 0 aliphatic carbocycles. The van der Waals surface area contributed by atoms with Crippen LogP contribution in [0.2, 0.25) is 0 Å². The van der Waals surface area contributed by atoms with E-state index >= 15 is 0 Å². The number of benzene rings is 1. The number of aliphatic hydroxyl groups is 1. The van der Waals surface area contributed by atoms with E-state index in [1.807, 2.05) is 41.2 Å². The fourth-order valence-corrected chi connectivity index (χ4v) is 3.51. The topological polar surface area (TPSA) is 100 Å². The van der Waals surface area contributed by atoms with Crippen LogP contribution in [-0.4, -0.2) is 64.0 Å². The molecule has 0 saturated carbocycles. The van der Waals surface area contributed by atoms with Crippen molar-refractivity contribution in [2.24, 2.45) is 4.99 Å². The van der Waals surface area contributed by atoms with Gasteiger partial charge in [-0.1, -0.05) is 30.3 Å². The smallest absolute Gasteiger partial charge is 0.199 e. The van der Waals surface area contributed by atoms with Crippen LogP contribution in [0.5, 0.6) is 0 Å². The fraction of sp³-hybridized carbons (Fsp3) is 0.450. The number of hydrogen-bond acceptors (Lipinski definition) is 8. The molecule has 0 radical (unpaired) electrons. The molecule has 1 aromatic rings. The SMILES string of the molecule is CS(=O)C1=NC(N2CCC(O)CC2)=C(OCCOCc2ccccc2)C(=C=O)N1. The van der Waals surface area contributed by atoms with Crippen LogP contribution in [0.4, 0.5) is 0 Å². The van der Waals surface area contributed by atoms with Crippen molar-refractivity contribution in [1.82, 2.24) is 10.2 Å². The Morgan fingerprint density at radius 2 is 2.00 bits per heavy atom. The average molecular weight is 420 g/mol. The van der Waals surface area contributed by atoms with Gasteiger partial charge in [0.2, 0.25) is 0 Å². The Hall–Kier alpha value is -2.45. The Bertz CT molecular complexity index is 841. The second-order valence-electron chi connectivity index (χ2n) is 6.73. The standard InChI is InChI=1S/C20H25N3O5S/c1-29(26)20-21-17(13-24)18(19(22-20)23-9-7-16(25)8-10-23)28-12-11-27-14-15-5-3-2-4-6-15/h2-6,16,25H,7-12,14H2,1H3,(H,21,22). The minimum absolute atomic E-state index is 0.0642. The van der Waals surface area contributed by atoms with E-state index in [9.17, 15) is 14.1 Å². The number of carbonyl (C=O) groups excluding carboxylic acids is 1. The number of amidine groups is 1. The highest BCUT2D eigenvalue weighted by molar-refractivity contribution is 7.99. The maximum atomic E-state index is 11.9. The van der Waals surface area contributed by atoms with Crippen molar-refractivity contribution in [3.63, 3.8) is 0 Å². The van der Waals surface area contributed by atoms with E-state index in [4.69, 9.17) is 9.47 Å². The normalized spacial score (nSPS) is 18.8. The first kappa shape index (κ1) is 21.3. The summed E-state index contributed by atoms with van der Waals surface area (Å²) in [6.45, 7) is 2.13. The summed E-state index contributed by atoms with van der Waals surface area (Å²) in [5, 5.41) is 12.7. The molecule has 3 rings (SSSR count). The van der Waals surface area contributed by atoms with Gasteiger partial charge in [0, 0.05) is 19.3 Å². The molecule has 156 valence electrons. The van der Waals surface area contributed by atoms with Gasteiger partial charge in [-0.15, -0.1) is 0 Å². The van der Waals surface area contributed by atoms with E-state index in [1.54, 1.807) is 0 Å². The van der Waals surface area contributed by atoms with Crippen LogP contribution < -0.4 is 5.32 Å². The summed E-state index contributed by atoms with van der Waals surface area (Å²) in [6, 6.07) is 9.80. The first-order valence-electron chi connectivity index (χ1n) is 9.45. The van der Waals surface area contributed by atoms with E-state index in [1.165, 1.54) is 6.26 Å². The Morgan fingerprint density at radius 1 is 1.28 bits per heavy atom. The molecule has 1 atom stereocenters. The number of ether oxygens (including phenoxy) is 2. The molecule has 0 aromatic heterocycles. The third-order valence-electron chi connectivity index (χ3n) is 4.59. The number of rotatable bonds is 7. The number of aliphatic hydroxyl groups excluding tert-OH is 1. The van der Waals surface area contributed by atoms with Crippen LogP contribution >= 0.6 is 0 Å².